The minimum atomic E-state index is -1.52. The van der Waals surface area contributed by atoms with Gasteiger partial charge in [-0.05, 0) is 12.5 Å². The first-order valence-electron chi connectivity index (χ1n) is 5.50. The van der Waals surface area contributed by atoms with Gasteiger partial charge >= 0.3 is 5.97 Å². The summed E-state index contributed by atoms with van der Waals surface area (Å²) in [6.45, 7) is 1.74. The topological polar surface area (TPSA) is 113 Å². The van der Waals surface area contributed by atoms with Crippen molar-refractivity contribution in [2.45, 2.75) is 19.4 Å². The molecule has 8 heteroatoms. The Morgan fingerprint density at radius 3 is 2.68 bits per heavy atom. The quantitative estimate of drug-likeness (QED) is 0.535. The van der Waals surface area contributed by atoms with E-state index in [1.54, 1.807) is 6.92 Å². The monoisotopic (exact) mass is 272 g/mol. The van der Waals surface area contributed by atoms with Crippen LogP contribution in [-0.4, -0.2) is 33.8 Å². The van der Waals surface area contributed by atoms with Crippen LogP contribution in [0.4, 0.5) is 15.8 Å². The van der Waals surface area contributed by atoms with Gasteiger partial charge in [-0.1, -0.05) is 6.92 Å². The van der Waals surface area contributed by atoms with Crippen LogP contribution in [0, 0.1) is 15.9 Å². The number of halogens is 1. The van der Waals surface area contributed by atoms with Crippen molar-refractivity contribution in [3.63, 3.8) is 0 Å². The lowest BCUT2D eigenvalue weighted by Crippen LogP contribution is -2.19. The Labute approximate surface area is 107 Å². The number of nitro benzene ring substituents is 1. The van der Waals surface area contributed by atoms with Crippen molar-refractivity contribution < 1.29 is 24.3 Å². The normalized spacial score (nSPS) is 11.9. The molecular weight excluding hydrogens is 259 g/mol. The molecule has 1 unspecified atom stereocenters. The first kappa shape index (κ1) is 14.8. The lowest BCUT2D eigenvalue weighted by Gasteiger charge is -2.12. The van der Waals surface area contributed by atoms with Gasteiger partial charge in [0.25, 0.3) is 5.69 Å². The van der Waals surface area contributed by atoms with Gasteiger partial charge in [0.15, 0.2) is 5.82 Å². The van der Waals surface area contributed by atoms with Crippen LogP contribution in [0.2, 0.25) is 0 Å². The SMILES string of the molecule is CCC(O)CNc1cc(C(=O)O)c([N+](=O)[O-])cc1F. The molecule has 0 aliphatic rings. The maximum absolute atomic E-state index is 13.6. The first-order valence-corrected chi connectivity index (χ1v) is 5.50. The number of nitrogens with one attached hydrogen (secondary N) is 1. The van der Waals surface area contributed by atoms with Crippen LogP contribution in [0.15, 0.2) is 12.1 Å². The number of aliphatic hydroxyl groups excluding tert-OH is 1. The molecule has 0 fully saturated rings. The number of benzene rings is 1. The lowest BCUT2D eigenvalue weighted by molar-refractivity contribution is -0.385. The van der Waals surface area contributed by atoms with Crippen LogP contribution in [0.3, 0.4) is 0 Å². The number of anilines is 1. The third-order valence-electron chi connectivity index (χ3n) is 2.51. The largest absolute Gasteiger partial charge is 0.477 e. The molecule has 0 amide bonds. The average Bonchev–Trinajstić information content (AvgIpc) is 2.35. The molecule has 0 radical (unpaired) electrons. The van der Waals surface area contributed by atoms with Crippen molar-refractivity contribution in [2.24, 2.45) is 0 Å². The van der Waals surface area contributed by atoms with Gasteiger partial charge in [0.05, 0.1) is 22.8 Å². The number of carbonyl (C=O) groups is 1. The second-order valence-corrected chi connectivity index (χ2v) is 3.85. The minimum absolute atomic E-state index is 0.0181. The number of aromatic carboxylic acids is 1. The fourth-order valence-corrected chi connectivity index (χ4v) is 1.39. The van der Waals surface area contributed by atoms with E-state index < -0.39 is 34.1 Å². The Kier molecular flexibility index (Phi) is 4.76. The smallest absolute Gasteiger partial charge is 0.342 e. The van der Waals surface area contributed by atoms with E-state index in [2.05, 4.69) is 5.32 Å². The molecule has 0 aliphatic heterocycles. The summed E-state index contributed by atoms with van der Waals surface area (Å²) >= 11 is 0. The summed E-state index contributed by atoms with van der Waals surface area (Å²) in [6, 6.07) is 1.39. The van der Waals surface area contributed by atoms with Gasteiger partial charge in [-0.15, -0.1) is 0 Å². The number of rotatable bonds is 6. The van der Waals surface area contributed by atoms with E-state index in [0.29, 0.717) is 12.5 Å². The van der Waals surface area contributed by atoms with E-state index in [1.165, 1.54) is 0 Å². The summed E-state index contributed by atoms with van der Waals surface area (Å²) in [5.74, 6) is -2.47. The van der Waals surface area contributed by atoms with Gasteiger partial charge in [0, 0.05) is 6.54 Å². The molecule has 7 nitrogen and oxygen atoms in total. The zero-order valence-electron chi connectivity index (χ0n) is 10.1. The molecule has 3 N–H and O–H groups in total. The maximum atomic E-state index is 13.6. The number of hydrogen-bond acceptors (Lipinski definition) is 5. The van der Waals surface area contributed by atoms with E-state index in [9.17, 15) is 24.4 Å². The number of nitrogens with zero attached hydrogens (tertiary/aromatic N) is 1. The van der Waals surface area contributed by atoms with Gasteiger partial charge in [0.2, 0.25) is 0 Å². The number of nitro groups is 1. The summed E-state index contributed by atoms with van der Waals surface area (Å²) in [7, 11) is 0. The summed E-state index contributed by atoms with van der Waals surface area (Å²) in [6.07, 6.45) is -0.282. The number of carboxylic acids is 1. The molecule has 0 saturated carbocycles. The van der Waals surface area contributed by atoms with Crippen molar-refractivity contribution >= 4 is 17.3 Å². The highest BCUT2D eigenvalue weighted by molar-refractivity contribution is 5.93. The van der Waals surface area contributed by atoms with Gasteiger partial charge in [-0.25, -0.2) is 9.18 Å². The molecule has 0 aromatic heterocycles. The zero-order chi connectivity index (χ0) is 14.6. The lowest BCUT2D eigenvalue weighted by atomic mass is 10.1. The molecule has 1 aromatic carbocycles. The Balaban J connectivity index is 3.10. The molecule has 104 valence electrons. The Hall–Kier alpha value is -2.22. The Morgan fingerprint density at radius 1 is 1.58 bits per heavy atom. The Bertz CT molecular complexity index is 506. The van der Waals surface area contributed by atoms with E-state index in [0.717, 1.165) is 6.07 Å². The highest BCUT2D eigenvalue weighted by Crippen LogP contribution is 2.26. The van der Waals surface area contributed by atoms with E-state index in [1.807, 2.05) is 0 Å². The number of carboxylic acid groups (broad SMARTS) is 1. The third kappa shape index (κ3) is 3.62. The summed E-state index contributed by atoms with van der Waals surface area (Å²) in [5, 5.41) is 31.3. The number of hydrogen-bond donors (Lipinski definition) is 3. The summed E-state index contributed by atoms with van der Waals surface area (Å²) in [5.41, 5.74) is -1.62. The zero-order valence-corrected chi connectivity index (χ0v) is 10.1. The second kappa shape index (κ2) is 6.10. The summed E-state index contributed by atoms with van der Waals surface area (Å²) in [4.78, 5) is 20.5. The number of aliphatic hydroxyl groups is 1. The van der Waals surface area contributed by atoms with Crippen molar-refractivity contribution in [3.05, 3.63) is 33.6 Å². The van der Waals surface area contributed by atoms with Crippen molar-refractivity contribution in [1.29, 1.82) is 0 Å². The maximum Gasteiger partial charge on any atom is 0.342 e. The fourth-order valence-electron chi connectivity index (χ4n) is 1.39. The van der Waals surface area contributed by atoms with Crippen LogP contribution < -0.4 is 5.32 Å². The molecule has 1 rings (SSSR count). The van der Waals surface area contributed by atoms with Crippen molar-refractivity contribution in [3.8, 4) is 0 Å². The molecule has 1 aromatic rings. The minimum Gasteiger partial charge on any atom is -0.477 e. The molecule has 0 aliphatic carbocycles. The van der Waals surface area contributed by atoms with Crippen LogP contribution >= 0.6 is 0 Å². The predicted octanol–water partition coefficient (Wildman–Crippen LogP) is 1.61. The molecule has 0 saturated heterocycles. The summed E-state index contributed by atoms with van der Waals surface area (Å²) < 4.78 is 13.6. The average molecular weight is 272 g/mol. The van der Waals surface area contributed by atoms with Crippen LogP contribution in [0.1, 0.15) is 23.7 Å². The fraction of sp³-hybridized carbons (Fsp3) is 0.364. The van der Waals surface area contributed by atoms with Gasteiger partial charge < -0.3 is 15.5 Å². The van der Waals surface area contributed by atoms with Gasteiger partial charge in [-0.2, -0.15) is 0 Å². The predicted molar refractivity (Wildman–Crippen MR) is 64.8 cm³/mol. The molecular formula is C11H13FN2O5. The van der Waals surface area contributed by atoms with E-state index in [-0.39, 0.29) is 12.2 Å². The van der Waals surface area contributed by atoms with Crippen molar-refractivity contribution in [2.75, 3.05) is 11.9 Å². The highest BCUT2D eigenvalue weighted by atomic mass is 19.1. The standard InChI is InChI=1S/C11H13FN2O5/c1-2-6(15)5-13-9-3-7(11(16)17)10(14(18)19)4-8(9)12/h3-4,6,13,15H,2,5H2,1H3,(H,16,17). The highest BCUT2D eigenvalue weighted by Gasteiger charge is 2.23. The van der Waals surface area contributed by atoms with Crippen LogP contribution in [0.5, 0.6) is 0 Å². The molecule has 1 atom stereocenters. The molecule has 0 heterocycles. The van der Waals surface area contributed by atoms with E-state index in [4.69, 9.17) is 5.11 Å². The first-order chi connectivity index (χ1) is 8.86. The Morgan fingerprint density at radius 2 is 2.21 bits per heavy atom. The molecule has 19 heavy (non-hydrogen) atoms. The third-order valence-corrected chi connectivity index (χ3v) is 2.51. The van der Waals surface area contributed by atoms with Gasteiger partial charge in [0.1, 0.15) is 5.56 Å². The van der Waals surface area contributed by atoms with Crippen LogP contribution in [-0.2, 0) is 0 Å². The van der Waals surface area contributed by atoms with E-state index >= 15 is 0 Å². The molecule has 0 spiro atoms. The van der Waals surface area contributed by atoms with Crippen LogP contribution in [0.25, 0.3) is 0 Å². The van der Waals surface area contributed by atoms with Crippen molar-refractivity contribution in [1.82, 2.24) is 0 Å². The molecule has 0 bridgehead atoms. The second-order valence-electron chi connectivity index (χ2n) is 3.85. The van der Waals surface area contributed by atoms with Gasteiger partial charge in [-0.3, -0.25) is 10.1 Å².